The van der Waals surface area contributed by atoms with E-state index in [4.69, 9.17) is 9.47 Å². The molecular formula is C20H20N2O4. The second-order valence-electron chi connectivity index (χ2n) is 5.72. The average molecular weight is 352 g/mol. The van der Waals surface area contributed by atoms with Crippen molar-refractivity contribution in [2.45, 2.75) is 13.3 Å². The summed E-state index contributed by atoms with van der Waals surface area (Å²) in [6.45, 7) is 2.13. The average Bonchev–Trinajstić information content (AvgIpc) is 3.13. The second kappa shape index (κ2) is 8.20. The summed E-state index contributed by atoms with van der Waals surface area (Å²) in [5.41, 5.74) is 2.63. The van der Waals surface area contributed by atoms with Crippen molar-refractivity contribution in [2.24, 2.45) is 0 Å². The van der Waals surface area contributed by atoms with Gasteiger partial charge in [-0.1, -0.05) is 31.2 Å². The van der Waals surface area contributed by atoms with Gasteiger partial charge >= 0.3 is 0 Å². The Bertz CT molecular complexity index is 845. The van der Waals surface area contributed by atoms with Gasteiger partial charge in [-0.3, -0.25) is 9.59 Å². The number of ether oxygens (including phenoxy) is 2. The first kappa shape index (κ1) is 17.5. The SMILES string of the molecule is CCc1ccccc1NC(=O)CNC(=O)/C=C/c1ccc2c(c1)OCO2. The zero-order valence-electron chi connectivity index (χ0n) is 14.5. The molecule has 1 aliphatic rings. The first-order valence-corrected chi connectivity index (χ1v) is 8.39. The van der Waals surface area contributed by atoms with Crippen LogP contribution >= 0.6 is 0 Å². The summed E-state index contributed by atoms with van der Waals surface area (Å²) in [4.78, 5) is 23.9. The van der Waals surface area contributed by atoms with Crippen molar-refractivity contribution in [1.82, 2.24) is 5.32 Å². The van der Waals surface area contributed by atoms with E-state index in [0.29, 0.717) is 11.5 Å². The Morgan fingerprint density at radius 2 is 1.92 bits per heavy atom. The molecule has 0 atom stereocenters. The van der Waals surface area contributed by atoms with Gasteiger partial charge in [0.05, 0.1) is 6.54 Å². The van der Waals surface area contributed by atoms with Crippen molar-refractivity contribution in [3.63, 3.8) is 0 Å². The van der Waals surface area contributed by atoms with Crippen LogP contribution in [0.15, 0.2) is 48.5 Å². The molecule has 0 spiro atoms. The number of hydrogen-bond acceptors (Lipinski definition) is 4. The molecule has 0 fully saturated rings. The van der Waals surface area contributed by atoms with E-state index in [1.54, 1.807) is 18.2 Å². The standard InChI is InChI=1S/C20H20N2O4/c1-2-15-5-3-4-6-16(15)22-20(24)12-21-19(23)10-8-14-7-9-17-18(11-14)26-13-25-17/h3-11H,2,12-13H2,1H3,(H,21,23)(H,22,24)/b10-8+. The normalized spacial score (nSPS) is 12.2. The number of amides is 2. The van der Waals surface area contributed by atoms with Gasteiger partial charge in [-0.15, -0.1) is 0 Å². The van der Waals surface area contributed by atoms with Crippen molar-refractivity contribution < 1.29 is 19.1 Å². The molecule has 6 heteroatoms. The van der Waals surface area contributed by atoms with Crippen LogP contribution in [0.2, 0.25) is 0 Å². The maximum absolute atomic E-state index is 12.0. The van der Waals surface area contributed by atoms with Gasteiger partial charge in [0.25, 0.3) is 0 Å². The van der Waals surface area contributed by atoms with Gasteiger partial charge < -0.3 is 20.1 Å². The zero-order chi connectivity index (χ0) is 18.4. The summed E-state index contributed by atoms with van der Waals surface area (Å²) in [7, 11) is 0. The molecule has 0 saturated heterocycles. The number of carbonyl (C=O) groups is 2. The van der Waals surface area contributed by atoms with Gasteiger partial charge in [0.1, 0.15) is 0 Å². The van der Waals surface area contributed by atoms with E-state index in [9.17, 15) is 9.59 Å². The van der Waals surface area contributed by atoms with Crippen LogP contribution in [0.1, 0.15) is 18.1 Å². The molecule has 1 aliphatic heterocycles. The highest BCUT2D eigenvalue weighted by atomic mass is 16.7. The number of rotatable bonds is 6. The maximum atomic E-state index is 12.0. The van der Waals surface area contributed by atoms with Gasteiger partial charge in [-0.05, 0) is 41.8 Å². The molecule has 26 heavy (non-hydrogen) atoms. The van der Waals surface area contributed by atoms with E-state index in [1.807, 2.05) is 37.3 Å². The lowest BCUT2D eigenvalue weighted by atomic mass is 10.1. The number of fused-ring (bicyclic) bond motifs is 1. The lowest BCUT2D eigenvalue weighted by molar-refractivity contribution is -0.121. The minimum absolute atomic E-state index is 0.0949. The molecule has 0 aromatic heterocycles. The lowest BCUT2D eigenvalue weighted by Crippen LogP contribution is -2.31. The highest BCUT2D eigenvalue weighted by molar-refractivity contribution is 5.98. The quantitative estimate of drug-likeness (QED) is 0.784. The predicted molar refractivity (Wildman–Crippen MR) is 99.1 cm³/mol. The topological polar surface area (TPSA) is 76.7 Å². The Balaban J connectivity index is 1.50. The van der Waals surface area contributed by atoms with Crippen LogP contribution in [0.3, 0.4) is 0 Å². The Morgan fingerprint density at radius 1 is 1.12 bits per heavy atom. The third-order valence-corrected chi connectivity index (χ3v) is 3.92. The van der Waals surface area contributed by atoms with Crippen LogP contribution in [0.5, 0.6) is 11.5 Å². The summed E-state index contributed by atoms with van der Waals surface area (Å²) in [5, 5.41) is 5.38. The second-order valence-corrected chi connectivity index (χ2v) is 5.72. The third-order valence-electron chi connectivity index (χ3n) is 3.92. The van der Waals surface area contributed by atoms with Gasteiger partial charge in [0.2, 0.25) is 18.6 Å². The largest absolute Gasteiger partial charge is 0.454 e. The first-order chi connectivity index (χ1) is 12.7. The van der Waals surface area contributed by atoms with Crippen LogP contribution in [0, 0.1) is 0 Å². The molecule has 0 aliphatic carbocycles. The molecule has 6 nitrogen and oxygen atoms in total. The van der Waals surface area contributed by atoms with Crippen molar-refractivity contribution >= 4 is 23.6 Å². The van der Waals surface area contributed by atoms with Gasteiger partial charge in [-0.2, -0.15) is 0 Å². The fourth-order valence-corrected chi connectivity index (χ4v) is 2.56. The number of hydrogen-bond donors (Lipinski definition) is 2. The number of aryl methyl sites for hydroxylation is 1. The summed E-state index contributed by atoms with van der Waals surface area (Å²) in [6.07, 6.45) is 3.85. The van der Waals surface area contributed by atoms with Crippen LogP contribution in [0.25, 0.3) is 6.08 Å². The summed E-state index contributed by atoms with van der Waals surface area (Å²) >= 11 is 0. The molecule has 0 bridgehead atoms. The Morgan fingerprint density at radius 3 is 2.77 bits per heavy atom. The molecule has 2 amide bonds. The van der Waals surface area contributed by atoms with Gasteiger partial charge in [0, 0.05) is 11.8 Å². The zero-order valence-corrected chi connectivity index (χ0v) is 14.5. The van der Waals surface area contributed by atoms with Gasteiger partial charge in [-0.25, -0.2) is 0 Å². The molecule has 1 heterocycles. The number of benzene rings is 2. The summed E-state index contributed by atoms with van der Waals surface area (Å²) in [6, 6.07) is 13.0. The minimum atomic E-state index is -0.346. The van der Waals surface area contributed by atoms with E-state index < -0.39 is 0 Å². The molecule has 134 valence electrons. The number of anilines is 1. The molecule has 2 aromatic rings. The maximum Gasteiger partial charge on any atom is 0.244 e. The first-order valence-electron chi connectivity index (χ1n) is 8.39. The minimum Gasteiger partial charge on any atom is -0.454 e. The van der Waals surface area contributed by atoms with E-state index >= 15 is 0 Å². The lowest BCUT2D eigenvalue weighted by Gasteiger charge is -2.09. The van der Waals surface area contributed by atoms with Crippen molar-refractivity contribution in [3.05, 3.63) is 59.7 Å². The molecule has 3 rings (SSSR count). The molecule has 2 aromatic carbocycles. The van der Waals surface area contributed by atoms with Crippen LogP contribution in [0.4, 0.5) is 5.69 Å². The van der Waals surface area contributed by atoms with Crippen LogP contribution in [-0.4, -0.2) is 25.2 Å². The molecule has 0 radical (unpaired) electrons. The number of carbonyl (C=O) groups excluding carboxylic acids is 2. The van der Waals surface area contributed by atoms with Crippen molar-refractivity contribution in [1.29, 1.82) is 0 Å². The fraction of sp³-hybridized carbons (Fsp3) is 0.200. The smallest absolute Gasteiger partial charge is 0.244 e. The predicted octanol–water partition coefficient (Wildman–Crippen LogP) is 2.75. The van der Waals surface area contributed by atoms with E-state index in [2.05, 4.69) is 10.6 Å². The van der Waals surface area contributed by atoms with E-state index in [-0.39, 0.29) is 25.2 Å². The Hall–Kier alpha value is -3.28. The Labute approximate surface area is 151 Å². The van der Waals surface area contributed by atoms with Crippen LogP contribution in [-0.2, 0) is 16.0 Å². The summed E-state index contributed by atoms with van der Waals surface area (Å²) < 4.78 is 10.5. The van der Waals surface area contributed by atoms with Crippen molar-refractivity contribution in [2.75, 3.05) is 18.7 Å². The summed E-state index contributed by atoms with van der Waals surface area (Å²) in [5.74, 6) is 0.731. The van der Waals surface area contributed by atoms with Crippen molar-refractivity contribution in [3.8, 4) is 11.5 Å². The highest BCUT2D eigenvalue weighted by Crippen LogP contribution is 2.32. The third kappa shape index (κ3) is 4.42. The van der Waals surface area contributed by atoms with Gasteiger partial charge in [0.15, 0.2) is 11.5 Å². The highest BCUT2D eigenvalue weighted by Gasteiger charge is 2.12. The Kier molecular flexibility index (Phi) is 5.53. The van der Waals surface area contributed by atoms with Crippen LogP contribution < -0.4 is 20.1 Å². The number of para-hydroxylation sites is 1. The molecule has 0 unspecified atom stereocenters. The number of nitrogens with one attached hydrogen (secondary N) is 2. The molecule has 2 N–H and O–H groups in total. The van der Waals surface area contributed by atoms with E-state index in [1.165, 1.54) is 6.08 Å². The monoisotopic (exact) mass is 352 g/mol. The fourth-order valence-electron chi connectivity index (χ4n) is 2.56. The van der Waals surface area contributed by atoms with E-state index in [0.717, 1.165) is 23.2 Å². The molecular weight excluding hydrogens is 332 g/mol. The molecule has 0 saturated carbocycles.